The van der Waals surface area contributed by atoms with Crippen molar-refractivity contribution in [2.24, 2.45) is 5.16 Å². The van der Waals surface area contributed by atoms with Gasteiger partial charge in [-0.2, -0.15) is 0 Å². The van der Waals surface area contributed by atoms with E-state index in [1.807, 2.05) is 18.2 Å². The molecule has 1 aromatic heterocycles. The number of hydrogen-bond acceptors (Lipinski definition) is 8. The van der Waals surface area contributed by atoms with Gasteiger partial charge in [0.1, 0.15) is 11.8 Å². The van der Waals surface area contributed by atoms with Crippen LogP contribution in [0.2, 0.25) is 0 Å². The van der Waals surface area contributed by atoms with Crippen molar-refractivity contribution in [2.45, 2.75) is 29.6 Å². The van der Waals surface area contributed by atoms with Gasteiger partial charge in [0, 0.05) is 16.7 Å². The molecule has 0 spiro atoms. The first-order valence-electron chi connectivity index (χ1n) is 7.51. The quantitative estimate of drug-likeness (QED) is 0.462. The van der Waals surface area contributed by atoms with Crippen LogP contribution in [0.5, 0.6) is 0 Å². The maximum atomic E-state index is 12.0. The lowest BCUT2D eigenvalue weighted by Gasteiger charge is -2.04. The van der Waals surface area contributed by atoms with Crippen LogP contribution in [0.1, 0.15) is 19.0 Å². The lowest BCUT2D eigenvalue weighted by Crippen LogP contribution is -2.20. The number of nitrogens with zero attached hydrogens (tertiary/aromatic N) is 2. The van der Waals surface area contributed by atoms with Gasteiger partial charge in [0.25, 0.3) is 0 Å². The zero-order valence-corrected chi connectivity index (χ0v) is 14.7. The summed E-state index contributed by atoms with van der Waals surface area (Å²) < 4.78 is 5.01. The molecule has 3 rings (SSSR count). The molecule has 24 heavy (non-hydrogen) atoms. The summed E-state index contributed by atoms with van der Waals surface area (Å²) in [6.45, 7) is 1.99. The van der Waals surface area contributed by atoms with Gasteiger partial charge in [0.15, 0.2) is 5.13 Å². The first kappa shape index (κ1) is 16.8. The number of aromatic nitrogens is 1. The van der Waals surface area contributed by atoms with Crippen LogP contribution >= 0.6 is 23.1 Å². The first-order chi connectivity index (χ1) is 11.7. The smallest absolute Gasteiger partial charge is 0.362 e. The van der Waals surface area contributed by atoms with Crippen LogP contribution in [0.4, 0.5) is 5.13 Å². The minimum atomic E-state index is -0.560. The van der Waals surface area contributed by atoms with Gasteiger partial charge >= 0.3 is 5.97 Å². The minimum Gasteiger partial charge on any atom is -0.461 e. The first-order valence-corrected chi connectivity index (χ1v) is 9.27. The molecule has 1 aliphatic carbocycles. The highest BCUT2D eigenvalue weighted by atomic mass is 32.2. The number of thioether (sulfide) groups is 1. The number of carbonyl (C=O) groups is 1. The van der Waals surface area contributed by atoms with E-state index in [1.165, 1.54) is 16.2 Å². The van der Waals surface area contributed by atoms with E-state index in [0.717, 1.165) is 6.42 Å². The molecule has 1 fully saturated rings. The van der Waals surface area contributed by atoms with Crippen LogP contribution in [0.15, 0.2) is 45.8 Å². The summed E-state index contributed by atoms with van der Waals surface area (Å²) in [4.78, 5) is 22.8. The van der Waals surface area contributed by atoms with Crippen molar-refractivity contribution in [1.82, 2.24) is 4.98 Å². The Labute approximate surface area is 148 Å². The predicted molar refractivity (Wildman–Crippen MR) is 95.3 cm³/mol. The topological polar surface area (TPSA) is 86.8 Å². The van der Waals surface area contributed by atoms with Crippen LogP contribution < -0.4 is 5.73 Å². The second kappa shape index (κ2) is 7.67. The fourth-order valence-electron chi connectivity index (χ4n) is 1.96. The van der Waals surface area contributed by atoms with Crippen molar-refractivity contribution in [1.29, 1.82) is 0 Å². The second-order valence-electron chi connectivity index (χ2n) is 5.08. The average Bonchev–Trinajstić information content (AvgIpc) is 3.16. The maximum absolute atomic E-state index is 12.0. The van der Waals surface area contributed by atoms with Gasteiger partial charge in [-0.3, -0.25) is 0 Å². The van der Waals surface area contributed by atoms with Crippen molar-refractivity contribution in [3.63, 3.8) is 0 Å². The molecule has 1 heterocycles. The van der Waals surface area contributed by atoms with E-state index in [9.17, 15) is 4.79 Å². The summed E-state index contributed by atoms with van der Waals surface area (Å²) in [7, 11) is 0. The highest BCUT2D eigenvalue weighted by Crippen LogP contribution is 2.41. The van der Waals surface area contributed by atoms with Gasteiger partial charge in [-0.05, 0) is 19.1 Å². The number of nitrogens with two attached hydrogens (primary N) is 1. The minimum absolute atomic E-state index is 0.0179. The summed E-state index contributed by atoms with van der Waals surface area (Å²) >= 11 is 2.98. The molecule has 0 radical (unpaired) electrons. The Kier molecular flexibility index (Phi) is 5.37. The molecule has 2 aromatic rings. The van der Waals surface area contributed by atoms with Gasteiger partial charge in [0.05, 0.1) is 11.9 Å². The number of carbonyl (C=O) groups excluding carboxylic acids is 1. The zero-order valence-electron chi connectivity index (χ0n) is 13.0. The number of nitrogen functional groups attached to an aromatic ring is 1. The third-order valence-electron chi connectivity index (χ3n) is 3.22. The molecule has 8 heteroatoms. The number of rotatable bonds is 7. The van der Waals surface area contributed by atoms with Crippen LogP contribution in [0, 0.1) is 0 Å². The molecule has 0 bridgehead atoms. The van der Waals surface area contributed by atoms with Crippen molar-refractivity contribution in [2.75, 3.05) is 12.3 Å². The van der Waals surface area contributed by atoms with E-state index < -0.39 is 5.97 Å². The third kappa shape index (κ3) is 4.27. The third-order valence-corrected chi connectivity index (χ3v) is 5.24. The SMILES string of the molecule is CCOC(=O)/C(=N\OC1CC1Sc1ccccc1)c1csc(N)n1. The molecule has 1 aromatic carbocycles. The largest absolute Gasteiger partial charge is 0.461 e. The van der Waals surface area contributed by atoms with Gasteiger partial charge in [0.2, 0.25) is 5.71 Å². The Morgan fingerprint density at radius 1 is 1.46 bits per heavy atom. The highest BCUT2D eigenvalue weighted by Gasteiger charge is 2.41. The van der Waals surface area contributed by atoms with Gasteiger partial charge in [-0.1, -0.05) is 23.4 Å². The molecule has 1 saturated carbocycles. The van der Waals surface area contributed by atoms with Crippen LogP contribution in [-0.4, -0.2) is 34.6 Å². The molecular weight excluding hydrogens is 346 g/mol. The van der Waals surface area contributed by atoms with E-state index in [0.29, 0.717) is 16.1 Å². The van der Waals surface area contributed by atoms with Crippen LogP contribution in [-0.2, 0) is 14.4 Å². The summed E-state index contributed by atoms with van der Waals surface area (Å²) in [6.07, 6.45) is 0.869. The molecule has 0 aliphatic heterocycles. The van der Waals surface area contributed by atoms with Gasteiger partial charge in [-0.15, -0.1) is 23.1 Å². The number of hydrogen-bond donors (Lipinski definition) is 1. The molecule has 1 aliphatic rings. The van der Waals surface area contributed by atoms with Crippen molar-refractivity contribution in [3.8, 4) is 0 Å². The molecule has 6 nitrogen and oxygen atoms in total. The van der Waals surface area contributed by atoms with E-state index in [2.05, 4.69) is 22.3 Å². The van der Waals surface area contributed by atoms with Crippen LogP contribution in [0.25, 0.3) is 0 Å². The fourth-order valence-corrected chi connectivity index (χ4v) is 3.66. The molecule has 2 N–H and O–H groups in total. The van der Waals surface area contributed by atoms with E-state index >= 15 is 0 Å². The van der Waals surface area contributed by atoms with Crippen LogP contribution in [0.3, 0.4) is 0 Å². The molecule has 2 unspecified atom stereocenters. The summed E-state index contributed by atoms with van der Waals surface area (Å²) in [5.41, 5.74) is 6.06. The van der Waals surface area contributed by atoms with E-state index in [-0.39, 0.29) is 18.4 Å². The molecule has 0 amide bonds. The molecule has 0 saturated heterocycles. The normalized spacial score (nSPS) is 19.8. The van der Waals surface area contributed by atoms with Gasteiger partial charge < -0.3 is 15.3 Å². The van der Waals surface area contributed by atoms with Crippen molar-refractivity contribution < 1.29 is 14.4 Å². The molecular formula is C16H17N3O3S2. The standard InChI is InChI=1S/C16H17N3O3S2/c1-2-21-15(20)14(11-9-23-16(17)18-11)19-22-12-8-13(12)24-10-6-4-3-5-7-10/h3-7,9,12-13H,2,8H2,1H3,(H2,17,18)/b19-14-. The predicted octanol–water partition coefficient (Wildman–Crippen LogP) is 2.94. The molecule has 126 valence electrons. The Morgan fingerprint density at radius 3 is 2.92 bits per heavy atom. The fraction of sp³-hybridized carbons (Fsp3) is 0.312. The molecule has 2 atom stereocenters. The highest BCUT2D eigenvalue weighted by molar-refractivity contribution is 8.00. The number of oxime groups is 1. The Bertz CT molecular complexity index is 733. The number of ether oxygens (including phenoxy) is 1. The summed E-state index contributed by atoms with van der Waals surface area (Å²) in [5, 5.41) is 6.36. The van der Waals surface area contributed by atoms with E-state index in [1.54, 1.807) is 24.1 Å². The number of anilines is 1. The Hall–Kier alpha value is -2.06. The van der Waals surface area contributed by atoms with E-state index in [4.69, 9.17) is 15.3 Å². The lowest BCUT2D eigenvalue weighted by atomic mass is 10.3. The number of benzene rings is 1. The monoisotopic (exact) mass is 363 g/mol. The Balaban J connectivity index is 1.63. The summed E-state index contributed by atoms with van der Waals surface area (Å²) in [6, 6.07) is 10.1. The Morgan fingerprint density at radius 2 is 2.25 bits per heavy atom. The number of thiazole rings is 1. The average molecular weight is 363 g/mol. The lowest BCUT2D eigenvalue weighted by molar-refractivity contribution is -0.135. The summed E-state index contributed by atoms with van der Waals surface area (Å²) in [5.74, 6) is -0.560. The maximum Gasteiger partial charge on any atom is 0.362 e. The number of esters is 1. The van der Waals surface area contributed by atoms with Crippen molar-refractivity contribution >= 4 is 39.9 Å². The van der Waals surface area contributed by atoms with Crippen molar-refractivity contribution in [3.05, 3.63) is 41.4 Å². The van der Waals surface area contributed by atoms with Gasteiger partial charge in [-0.25, -0.2) is 9.78 Å². The second-order valence-corrected chi connectivity index (χ2v) is 7.28. The zero-order chi connectivity index (χ0) is 16.9.